The van der Waals surface area contributed by atoms with Crippen LogP contribution in [0.2, 0.25) is 0 Å². The summed E-state index contributed by atoms with van der Waals surface area (Å²) in [6, 6.07) is 7.94. The van der Waals surface area contributed by atoms with Crippen LogP contribution in [-0.2, 0) is 33.0 Å². The van der Waals surface area contributed by atoms with Gasteiger partial charge in [-0.2, -0.15) is 26.3 Å². The van der Waals surface area contributed by atoms with E-state index >= 15 is 0 Å². The molecule has 3 rings (SSSR count). The van der Waals surface area contributed by atoms with Crippen molar-refractivity contribution in [3.63, 3.8) is 0 Å². The van der Waals surface area contributed by atoms with Crippen molar-refractivity contribution in [3.8, 4) is 11.6 Å². The third-order valence-corrected chi connectivity index (χ3v) is 7.56. The summed E-state index contributed by atoms with van der Waals surface area (Å²) >= 11 is 0. The number of unbranched alkanes of at least 4 members (excludes halogenated alkanes) is 3. The van der Waals surface area contributed by atoms with Crippen LogP contribution in [0.4, 0.5) is 36.8 Å². The number of carboxylic acid groups (broad SMARTS) is 1. The number of anilines is 1. The molecule has 3 aromatic rings. The van der Waals surface area contributed by atoms with Crippen LogP contribution in [0.15, 0.2) is 45.8 Å². The summed E-state index contributed by atoms with van der Waals surface area (Å²) in [7, 11) is -4.72. The lowest BCUT2D eigenvalue weighted by Crippen LogP contribution is -2.45. The highest BCUT2D eigenvalue weighted by Gasteiger charge is 2.61. The van der Waals surface area contributed by atoms with Crippen molar-refractivity contribution in [2.75, 3.05) is 11.6 Å². The molecule has 18 heteroatoms. The number of hydrogen-bond donors (Lipinski definition) is 3. The Bertz CT molecular complexity index is 1560. The predicted octanol–water partition coefficient (Wildman–Crippen LogP) is 6.34. The van der Waals surface area contributed by atoms with Crippen LogP contribution in [0, 0.1) is 0 Å². The number of sulfone groups is 1. The van der Waals surface area contributed by atoms with Crippen molar-refractivity contribution in [2.45, 2.75) is 81.1 Å². The molecule has 0 aliphatic rings. The number of amides is 1. The molecule has 0 aliphatic carbocycles. The zero-order valence-corrected chi connectivity index (χ0v) is 24.8. The lowest BCUT2D eigenvalue weighted by molar-refractivity contribution is -0.300. The number of nitrogens with one attached hydrogen (secondary N) is 1. The molecule has 0 saturated carbocycles. The van der Waals surface area contributed by atoms with Gasteiger partial charge in [-0.25, -0.2) is 18.2 Å². The van der Waals surface area contributed by atoms with Crippen molar-refractivity contribution in [1.29, 1.82) is 0 Å². The number of nitrogens with zero attached hydrogens (tertiary/aromatic N) is 3. The normalized spacial score (nSPS) is 14.6. The van der Waals surface area contributed by atoms with Gasteiger partial charge in [-0.15, -0.1) is 10.2 Å². The topological polar surface area (TPSA) is 165 Å². The summed E-state index contributed by atoms with van der Waals surface area (Å²) in [5.74, 6) is -2.16. The zero-order chi connectivity index (χ0) is 33.6. The van der Waals surface area contributed by atoms with Crippen molar-refractivity contribution in [2.24, 2.45) is 0 Å². The Balaban J connectivity index is 2.14. The van der Waals surface area contributed by atoms with Gasteiger partial charge in [-0.1, -0.05) is 49.6 Å². The van der Waals surface area contributed by atoms with Crippen LogP contribution in [0.25, 0.3) is 11.6 Å². The van der Waals surface area contributed by atoms with Gasteiger partial charge in [0, 0.05) is 6.26 Å². The number of aliphatic hydroxyl groups is 1. The lowest BCUT2D eigenvalue weighted by atomic mass is 9.94. The molecule has 11 nitrogen and oxygen atoms in total. The SMILES string of the molecule is CC(O)CCCCCC[C@@](OCc1ccccc1)(c1nnc(-c2nc(S(C)(=O)=O)c(C(F)(F)F)cc2NC(=O)O)o1)C(F)(F)F. The highest BCUT2D eigenvalue weighted by Crippen LogP contribution is 2.47. The molecule has 2 heterocycles. The van der Waals surface area contributed by atoms with Crippen molar-refractivity contribution < 1.29 is 58.9 Å². The minimum absolute atomic E-state index is 0.0611. The number of aliphatic hydroxyl groups excluding tert-OH is 1. The monoisotopic (exact) mass is 668 g/mol. The Morgan fingerprint density at radius 3 is 2.24 bits per heavy atom. The summed E-state index contributed by atoms with van der Waals surface area (Å²) in [6.07, 6.45) is -11.6. The van der Waals surface area contributed by atoms with Crippen LogP contribution in [0.5, 0.6) is 0 Å². The first kappa shape index (κ1) is 35.7. The minimum Gasteiger partial charge on any atom is -0.465 e. The van der Waals surface area contributed by atoms with Gasteiger partial charge in [-0.05, 0) is 37.8 Å². The van der Waals surface area contributed by atoms with Crippen LogP contribution in [-0.4, -0.2) is 58.4 Å². The number of aromatic nitrogens is 3. The molecular formula is C27H30F6N4O7S. The summed E-state index contributed by atoms with van der Waals surface area (Å²) in [5, 5.41) is 25.6. The molecule has 0 radical (unpaired) electrons. The van der Waals surface area contributed by atoms with Gasteiger partial charge in [0.05, 0.1) is 24.0 Å². The van der Waals surface area contributed by atoms with Crippen molar-refractivity contribution in [3.05, 3.63) is 53.4 Å². The second kappa shape index (κ2) is 14.1. The molecule has 1 amide bonds. The maximum absolute atomic E-state index is 14.9. The second-order valence-corrected chi connectivity index (χ2v) is 12.2. The molecule has 3 N–H and O–H groups in total. The van der Waals surface area contributed by atoms with E-state index in [1.54, 1.807) is 30.4 Å². The molecule has 0 fully saturated rings. The van der Waals surface area contributed by atoms with Gasteiger partial charge in [-0.3, -0.25) is 5.32 Å². The van der Waals surface area contributed by atoms with Crippen LogP contribution < -0.4 is 5.32 Å². The standard InChI is InChI=1S/C27H30F6N4O7S/c1-16(38)10-6-3-4-9-13-25(27(31,32)33,43-15-17-11-7-5-8-12-17)23-37-36-21(44-23)20-19(34-24(39)40)14-18(26(28,29)30)22(35-20)45(2,41)42/h5,7-8,11-12,14,16,34,38H,3-4,6,9-10,13,15H2,1-2H3,(H,39,40)/t16?,25-/m1/s1. The van der Waals surface area contributed by atoms with Gasteiger partial charge < -0.3 is 19.4 Å². The van der Waals surface area contributed by atoms with Crippen LogP contribution >= 0.6 is 0 Å². The van der Waals surface area contributed by atoms with E-state index in [0.717, 1.165) is 0 Å². The maximum Gasteiger partial charge on any atom is 0.426 e. The van der Waals surface area contributed by atoms with E-state index in [0.29, 0.717) is 37.5 Å². The van der Waals surface area contributed by atoms with E-state index in [9.17, 15) is 49.8 Å². The molecule has 0 saturated heterocycles. The first-order valence-corrected chi connectivity index (χ1v) is 15.3. The number of benzene rings is 1. The Morgan fingerprint density at radius 1 is 1.04 bits per heavy atom. The van der Waals surface area contributed by atoms with Crippen molar-refractivity contribution >= 4 is 21.6 Å². The average molecular weight is 669 g/mol. The quantitative estimate of drug-likeness (QED) is 0.130. The summed E-state index contributed by atoms with van der Waals surface area (Å²) in [5.41, 5.74) is -6.63. The second-order valence-electron chi connectivity index (χ2n) is 10.3. The number of carbonyl (C=O) groups is 1. The first-order chi connectivity index (χ1) is 20.8. The Morgan fingerprint density at radius 2 is 1.69 bits per heavy atom. The number of ether oxygens (including phenoxy) is 1. The highest BCUT2D eigenvalue weighted by molar-refractivity contribution is 7.90. The molecule has 1 unspecified atom stereocenters. The molecule has 0 bridgehead atoms. The van der Waals surface area contributed by atoms with E-state index in [2.05, 4.69) is 15.2 Å². The average Bonchev–Trinajstić information content (AvgIpc) is 3.40. The summed E-state index contributed by atoms with van der Waals surface area (Å²) in [6.45, 7) is 1.02. The van der Waals surface area contributed by atoms with Gasteiger partial charge >= 0.3 is 18.4 Å². The van der Waals surface area contributed by atoms with E-state index in [1.807, 2.05) is 0 Å². The van der Waals surface area contributed by atoms with Gasteiger partial charge in [0.2, 0.25) is 5.60 Å². The third-order valence-electron chi connectivity index (χ3n) is 6.55. The highest BCUT2D eigenvalue weighted by atomic mass is 32.2. The number of pyridine rings is 1. The molecule has 2 aromatic heterocycles. The van der Waals surface area contributed by atoms with Gasteiger partial charge in [0.25, 0.3) is 11.8 Å². The van der Waals surface area contributed by atoms with Gasteiger partial charge in [0.15, 0.2) is 20.6 Å². The molecule has 45 heavy (non-hydrogen) atoms. The fourth-order valence-electron chi connectivity index (χ4n) is 4.37. The Kier molecular flexibility index (Phi) is 11.2. The molecule has 2 atom stereocenters. The van der Waals surface area contributed by atoms with Gasteiger partial charge in [0.1, 0.15) is 0 Å². The van der Waals surface area contributed by atoms with E-state index in [4.69, 9.17) is 9.15 Å². The maximum atomic E-state index is 14.9. The summed E-state index contributed by atoms with van der Waals surface area (Å²) < 4.78 is 121. The molecule has 0 aliphatic heterocycles. The van der Waals surface area contributed by atoms with Crippen LogP contribution in [0.3, 0.4) is 0 Å². The Labute approximate surface area is 253 Å². The third kappa shape index (κ3) is 9.13. The van der Waals surface area contributed by atoms with E-state index in [-0.39, 0.29) is 12.5 Å². The number of alkyl halides is 6. The minimum atomic E-state index is -5.31. The fraction of sp³-hybridized carbons (Fsp3) is 0.481. The van der Waals surface area contributed by atoms with E-state index in [1.165, 1.54) is 12.1 Å². The number of halogens is 6. The molecule has 0 spiro atoms. The Hall–Kier alpha value is -3.77. The molecule has 248 valence electrons. The van der Waals surface area contributed by atoms with Crippen molar-refractivity contribution in [1.82, 2.24) is 15.2 Å². The zero-order valence-electron chi connectivity index (χ0n) is 23.9. The van der Waals surface area contributed by atoms with E-state index < -0.39 is 86.8 Å². The van der Waals surface area contributed by atoms with Crippen LogP contribution in [0.1, 0.15) is 62.5 Å². The fourth-order valence-corrected chi connectivity index (χ4v) is 5.20. The summed E-state index contributed by atoms with van der Waals surface area (Å²) in [4.78, 5) is 14.8. The first-order valence-electron chi connectivity index (χ1n) is 13.4. The largest absolute Gasteiger partial charge is 0.465 e. The smallest absolute Gasteiger partial charge is 0.426 e. The molecule has 1 aromatic carbocycles. The molecular weight excluding hydrogens is 638 g/mol. The lowest BCUT2D eigenvalue weighted by Gasteiger charge is -2.32. The number of hydrogen-bond acceptors (Lipinski definition) is 9. The predicted molar refractivity (Wildman–Crippen MR) is 146 cm³/mol. The number of rotatable bonds is 14.